The van der Waals surface area contributed by atoms with E-state index >= 15 is 0 Å². The van der Waals surface area contributed by atoms with E-state index in [4.69, 9.17) is 23.2 Å². The molecule has 0 aliphatic carbocycles. The normalized spacial score (nSPS) is 27.3. The Hall–Kier alpha value is -0.490. The quantitative estimate of drug-likeness (QED) is 0.344. The van der Waals surface area contributed by atoms with Crippen molar-refractivity contribution >= 4 is 6.29 Å². The van der Waals surface area contributed by atoms with Crippen LogP contribution in [0.4, 0.5) is 0 Å². The van der Waals surface area contributed by atoms with E-state index < -0.39 is 31.3 Å². The molecule has 0 bridgehead atoms. The highest BCUT2D eigenvalue weighted by atomic mass is 16.4. The zero-order valence-corrected chi connectivity index (χ0v) is 5.66. The van der Waals surface area contributed by atoms with Crippen LogP contribution in [0.3, 0.4) is 0 Å². The van der Waals surface area contributed by atoms with Gasteiger partial charge in [0.05, 0.1) is 14.1 Å². The number of aliphatic hydroxyl groups excluding tert-OH is 4. The van der Waals surface area contributed by atoms with Gasteiger partial charge < -0.3 is 25.2 Å². The molecule has 0 aromatic carbocycles. The Morgan fingerprint density at radius 1 is 1.36 bits per heavy atom. The van der Waals surface area contributed by atoms with E-state index in [2.05, 4.69) is 0 Å². The summed E-state index contributed by atoms with van der Waals surface area (Å²) in [4.78, 5) is 9.99. The van der Waals surface area contributed by atoms with E-state index in [1.165, 1.54) is 0 Å². The van der Waals surface area contributed by atoms with Gasteiger partial charge in [-0.25, -0.2) is 0 Å². The standard InChI is InChI=1S/C6H12O5/c7-2-1-4(9)6(11)5(10)3-8/h2,4-6,8-11H,1,3H2/t4-,5-,6+/m1/s1/i1T,3T/t1-,3?,4-,5-,6+. The summed E-state index contributed by atoms with van der Waals surface area (Å²) in [5, 5.41) is 35.3. The number of hydrogen-bond acceptors (Lipinski definition) is 5. The first kappa shape index (κ1) is 7.17. The molecule has 0 aliphatic rings. The van der Waals surface area contributed by atoms with E-state index in [1.807, 2.05) is 0 Å². The van der Waals surface area contributed by atoms with E-state index in [-0.39, 0.29) is 6.29 Å². The van der Waals surface area contributed by atoms with Gasteiger partial charge in [0.1, 0.15) is 18.5 Å². The van der Waals surface area contributed by atoms with Crippen molar-refractivity contribution in [3.63, 3.8) is 0 Å². The number of rotatable bonds is 5. The molecule has 5 nitrogen and oxygen atoms in total. The lowest BCUT2D eigenvalue weighted by atomic mass is 10.1. The maximum Gasteiger partial charge on any atom is 0.122 e. The first-order chi connectivity index (χ1) is 5.91. The molecule has 66 valence electrons. The molecular weight excluding hydrogens is 152 g/mol. The molecule has 0 saturated heterocycles. The molecule has 11 heavy (non-hydrogen) atoms. The summed E-state index contributed by atoms with van der Waals surface area (Å²) in [6.07, 6.45) is -7.13. The molecule has 0 heterocycles. The number of carbonyl (C=O) groups excluding carboxylic acids is 1. The molecule has 4 N–H and O–H groups in total. The van der Waals surface area contributed by atoms with E-state index in [1.54, 1.807) is 0 Å². The minimum Gasteiger partial charge on any atom is -0.394 e. The van der Waals surface area contributed by atoms with Gasteiger partial charge in [-0.05, 0) is 0 Å². The van der Waals surface area contributed by atoms with Gasteiger partial charge in [-0.3, -0.25) is 0 Å². The van der Waals surface area contributed by atoms with E-state index in [0.717, 1.165) is 0 Å². The molecule has 0 fully saturated rings. The van der Waals surface area contributed by atoms with Crippen molar-refractivity contribution in [1.82, 2.24) is 0 Å². The van der Waals surface area contributed by atoms with Gasteiger partial charge >= 0.3 is 0 Å². The molecule has 0 aromatic heterocycles. The second-order valence-electron chi connectivity index (χ2n) is 1.95. The van der Waals surface area contributed by atoms with E-state index in [0.29, 0.717) is 0 Å². The van der Waals surface area contributed by atoms with Gasteiger partial charge in [0.25, 0.3) is 0 Å². The maximum atomic E-state index is 9.99. The van der Waals surface area contributed by atoms with Crippen molar-refractivity contribution in [1.29, 1.82) is 0 Å². The summed E-state index contributed by atoms with van der Waals surface area (Å²) >= 11 is 0. The summed E-state index contributed by atoms with van der Waals surface area (Å²) in [6.45, 7) is -1.98. The van der Waals surface area contributed by atoms with Crippen molar-refractivity contribution in [2.24, 2.45) is 0 Å². The number of aliphatic hydroxyl groups is 4. The average molecular weight is 168 g/mol. The second-order valence-corrected chi connectivity index (χ2v) is 1.95. The Kier molecular flexibility index (Phi) is 3.39. The monoisotopic (exact) mass is 168 g/mol. The molecule has 0 amide bonds. The van der Waals surface area contributed by atoms with Crippen LogP contribution in [0.15, 0.2) is 0 Å². The summed E-state index contributed by atoms with van der Waals surface area (Å²) in [6, 6.07) is 0. The average Bonchev–Trinajstić information content (AvgIpc) is 2.12. The lowest BCUT2D eigenvalue weighted by Crippen LogP contribution is -2.39. The Balaban J connectivity index is 4.23. The van der Waals surface area contributed by atoms with Crippen LogP contribution in [-0.2, 0) is 4.79 Å². The molecule has 5 atom stereocenters. The third-order valence-corrected chi connectivity index (χ3v) is 1.13. The van der Waals surface area contributed by atoms with Crippen LogP contribution >= 0.6 is 0 Å². The van der Waals surface area contributed by atoms with Crippen LogP contribution in [0.2, 0.25) is 0 Å². The predicted molar refractivity (Wildman–Crippen MR) is 35.8 cm³/mol. The zero-order chi connectivity index (χ0) is 10.6. The lowest BCUT2D eigenvalue weighted by molar-refractivity contribution is -0.115. The number of hydrogen-bond donors (Lipinski definition) is 4. The van der Waals surface area contributed by atoms with Gasteiger partial charge in [0.2, 0.25) is 0 Å². The third-order valence-electron chi connectivity index (χ3n) is 1.13. The summed E-state index contributed by atoms with van der Waals surface area (Å²) < 4.78 is 13.4. The van der Waals surface area contributed by atoms with Crippen LogP contribution < -0.4 is 0 Å². The molecule has 0 spiro atoms. The first-order valence-corrected chi connectivity index (χ1v) is 2.94. The Labute approximate surface area is 66.7 Å². The SMILES string of the molecule is [3H]C(O)[C@@H](O)[C@@H](O)[C@H](O)[C@H]([3H])C=O. The zero-order valence-electron chi connectivity index (χ0n) is 7.66. The highest BCUT2D eigenvalue weighted by molar-refractivity contribution is 5.50. The van der Waals surface area contributed by atoms with Gasteiger partial charge in [-0.15, -0.1) is 0 Å². The minimum absolute atomic E-state index is 0.0803. The highest BCUT2D eigenvalue weighted by Gasteiger charge is 2.23. The van der Waals surface area contributed by atoms with Crippen molar-refractivity contribution in [2.45, 2.75) is 24.7 Å². The largest absolute Gasteiger partial charge is 0.394 e. The summed E-state index contributed by atoms with van der Waals surface area (Å²) in [7, 11) is 0. The Morgan fingerprint density at radius 3 is 2.27 bits per heavy atom. The molecule has 0 rings (SSSR count). The molecule has 1 unspecified atom stereocenters. The van der Waals surface area contributed by atoms with E-state index in [9.17, 15) is 4.79 Å². The Morgan fingerprint density at radius 2 is 1.91 bits per heavy atom. The minimum atomic E-state index is -1.98. The maximum absolute atomic E-state index is 9.99. The van der Waals surface area contributed by atoms with Crippen LogP contribution in [-0.4, -0.2) is 51.6 Å². The predicted octanol–water partition coefficient (Wildman–Crippen LogP) is -2.35. The fraction of sp³-hybridized carbons (Fsp3) is 0.833. The highest BCUT2D eigenvalue weighted by Crippen LogP contribution is 2.01. The summed E-state index contributed by atoms with van der Waals surface area (Å²) in [5.41, 5.74) is 0. The fourth-order valence-electron chi connectivity index (χ4n) is 0.485. The van der Waals surface area contributed by atoms with Crippen molar-refractivity contribution in [3.05, 3.63) is 0 Å². The first-order valence-electron chi connectivity index (χ1n) is 4.09. The van der Waals surface area contributed by atoms with Crippen LogP contribution in [0, 0.1) is 0 Å². The van der Waals surface area contributed by atoms with Crippen molar-refractivity contribution in [3.8, 4) is 0 Å². The van der Waals surface area contributed by atoms with Crippen molar-refractivity contribution in [2.75, 3.05) is 6.58 Å². The fourth-order valence-corrected chi connectivity index (χ4v) is 0.485. The van der Waals surface area contributed by atoms with Gasteiger partial charge in [0, 0.05) is 7.77 Å². The molecule has 0 aromatic rings. The van der Waals surface area contributed by atoms with Gasteiger partial charge in [-0.1, -0.05) is 0 Å². The van der Waals surface area contributed by atoms with Crippen LogP contribution in [0.1, 0.15) is 9.14 Å². The second kappa shape index (κ2) is 5.20. The molecule has 0 radical (unpaired) electrons. The van der Waals surface area contributed by atoms with Crippen LogP contribution in [0.5, 0.6) is 0 Å². The molecular formula is C6H12O5. The molecule has 5 heteroatoms. The molecule has 0 saturated carbocycles. The summed E-state index contributed by atoms with van der Waals surface area (Å²) in [5.74, 6) is 0. The van der Waals surface area contributed by atoms with Gasteiger partial charge in [0.15, 0.2) is 0 Å². The topological polar surface area (TPSA) is 98.0 Å². The van der Waals surface area contributed by atoms with Gasteiger partial charge in [-0.2, -0.15) is 0 Å². The van der Waals surface area contributed by atoms with Crippen LogP contribution in [0.25, 0.3) is 0 Å². The Bertz CT molecular complexity index is 165. The smallest absolute Gasteiger partial charge is 0.122 e. The number of aldehydes is 1. The molecule has 0 aliphatic heterocycles. The number of carbonyl (C=O) groups is 1. The lowest BCUT2D eigenvalue weighted by Gasteiger charge is -2.19. The van der Waals surface area contributed by atoms with Crippen molar-refractivity contribution < 1.29 is 28.0 Å². The third kappa shape index (κ3) is 3.43.